The van der Waals surface area contributed by atoms with Crippen LogP contribution in [0.25, 0.3) is 0 Å². The van der Waals surface area contributed by atoms with E-state index in [1.807, 2.05) is 42.5 Å². The molecule has 2 aromatic carbocycles. The number of aryl methyl sites for hydroxylation is 1. The molecule has 0 atom stereocenters. The molecule has 0 bridgehead atoms. The van der Waals surface area contributed by atoms with Crippen LogP contribution in [0.3, 0.4) is 0 Å². The molecule has 0 heterocycles. The van der Waals surface area contributed by atoms with Gasteiger partial charge in [-0.05, 0) is 71.8 Å². The average molecular weight is 384 g/mol. The maximum atomic E-state index is 13.1. The van der Waals surface area contributed by atoms with Gasteiger partial charge in [0.15, 0.2) is 5.78 Å². The topological polar surface area (TPSA) is 26.3 Å². The Bertz CT molecular complexity index is 680. The van der Waals surface area contributed by atoms with Crippen molar-refractivity contribution in [2.45, 2.75) is 13.8 Å². The molecule has 20 heavy (non-hydrogen) atoms. The van der Waals surface area contributed by atoms with Crippen LogP contribution in [0.2, 0.25) is 0 Å². The van der Waals surface area contributed by atoms with Gasteiger partial charge in [-0.15, -0.1) is 0 Å². The van der Waals surface area contributed by atoms with Crippen molar-refractivity contribution in [2.24, 2.45) is 0 Å². The number of rotatable bonds is 3. The Morgan fingerprint density at radius 3 is 2.40 bits per heavy atom. The van der Waals surface area contributed by atoms with E-state index in [0.29, 0.717) is 20.4 Å². The Balaban J connectivity index is 2.56. The van der Waals surface area contributed by atoms with Crippen LogP contribution in [0, 0.1) is 23.2 Å². The molecule has 0 fully saturated rings. The highest BCUT2D eigenvalue weighted by atomic mass is 127. The van der Waals surface area contributed by atoms with Crippen LogP contribution in [0.15, 0.2) is 30.3 Å². The zero-order chi connectivity index (χ0) is 14.9. The zero-order valence-electron chi connectivity index (χ0n) is 11.5. The van der Waals surface area contributed by atoms with Crippen LogP contribution >= 0.6 is 22.6 Å². The Kier molecular flexibility index (Phi) is 4.42. The Labute approximate surface area is 131 Å². The summed E-state index contributed by atoms with van der Waals surface area (Å²) in [5.74, 6) is 0.0717. The molecule has 0 unspecified atom stereocenters. The summed E-state index contributed by atoms with van der Waals surface area (Å²) in [6, 6.07) is 7.79. The van der Waals surface area contributed by atoms with Crippen LogP contribution < -0.4 is 4.74 Å². The van der Waals surface area contributed by atoms with E-state index in [2.05, 4.69) is 0 Å². The summed E-state index contributed by atoms with van der Waals surface area (Å²) in [7, 11) is 1.55. The molecular weight excluding hydrogens is 370 g/mol. The molecular formula is C16H14FIO2. The van der Waals surface area contributed by atoms with Crippen LogP contribution in [0.1, 0.15) is 27.0 Å². The third kappa shape index (κ3) is 2.70. The number of ketones is 1. The summed E-state index contributed by atoms with van der Waals surface area (Å²) >= 11 is 1.97. The lowest BCUT2D eigenvalue weighted by atomic mass is 9.97. The van der Waals surface area contributed by atoms with Crippen molar-refractivity contribution in [2.75, 3.05) is 7.11 Å². The summed E-state index contributed by atoms with van der Waals surface area (Å²) in [6.45, 7) is 3.88. The number of ether oxygens (including phenoxy) is 1. The van der Waals surface area contributed by atoms with Gasteiger partial charge in [0.05, 0.1) is 12.7 Å². The number of halogens is 2. The maximum absolute atomic E-state index is 13.1. The predicted octanol–water partition coefficient (Wildman–Crippen LogP) is 4.29. The van der Waals surface area contributed by atoms with Crippen LogP contribution in [-0.4, -0.2) is 12.9 Å². The largest absolute Gasteiger partial charge is 0.496 e. The Hall–Kier alpha value is -1.43. The molecule has 0 radical (unpaired) electrons. The quantitative estimate of drug-likeness (QED) is 0.583. The molecule has 0 N–H and O–H groups in total. The van der Waals surface area contributed by atoms with Crippen LogP contribution in [-0.2, 0) is 0 Å². The highest BCUT2D eigenvalue weighted by Gasteiger charge is 2.19. The fraction of sp³-hybridized carbons (Fsp3) is 0.188. The standard InChI is InChI=1S/C16H14FIO2/c1-9-4-6-13(16(20-3)10(9)2)15(19)12-7-5-11(17)8-14(12)18/h4-8H,1-3H3. The lowest BCUT2D eigenvalue weighted by molar-refractivity contribution is 0.103. The summed E-state index contributed by atoms with van der Waals surface area (Å²) in [5.41, 5.74) is 2.98. The second-order valence-corrected chi connectivity index (χ2v) is 5.70. The molecule has 0 aliphatic heterocycles. The number of hydrogen-bond acceptors (Lipinski definition) is 2. The van der Waals surface area contributed by atoms with Crippen molar-refractivity contribution in [3.05, 3.63) is 62.0 Å². The minimum absolute atomic E-state index is 0.158. The van der Waals surface area contributed by atoms with Crippen LogP contribution in [0.5, 0.6) is 5.75 Å². The molecule has 0 saturated heterocycles. The minimum atomic E-state index is -0.349. The summed E-state index contributed by atoms with van der Waals surface area (Å²) in [4.78, 5) is 12.6. The van der Waals surface area contributed by atoms with Gasteiger partial charge in [0.2, 0.25) is 0 Å². The van der Waals surface area contributed by atoms with E-state index >= 15 is 0 Å². The van der Waals surface area contributed by atoms with Gasteiger partial charge >= 0.3 is 0 Å². The van der Waals surface area contributed by atoms with Crippen molar-refractivity contribution in [3.63, 3.8) is 0 Å². The monoisotopic (exact) mass is 384 g/mol. The van der Waals surface area contributed by atoms with Crippen molar-refractivity contribution < 1.29 is 13.9 Å². The van der Waals surface area contributed by atoms with Gasteiger partial charge in [0, 0.05) is 9.13 Å². The SMILES string of the molecule is COc1c(C(=O)c2ccc(F)cc2I)ccc(C)c1C. The molecule has 0 spiro atoms. The molecule has 104 valence electrons. The molecule has 2 rings (SSSR count). The van der Waals surface area contributed by atoms with E-state index < -0.39 is 0 Å². The molecule has 4 heteroatoms. The van der Waals surface area contributed by atoms with Gasteiger partial charge in [0.1, 0.15) is 11.6 Å². The van der Waals surface area contributed by atoms with Crippen molar-refractivity contribution in [1.82, 2.24) is 0 Å². The third-order valence-electron chi connectivity index (χ3n) is 3.30. The Morgan fingerprint density at radius 2 is 1.80 bits per heavy atom. The molecule has 0 aromatic heterocycles. The van der Waals surface area contributed by atoms with E-state index in [1.165, 1.54) is 18.2 Å². The molecule has 2 aromatic rings. The smallest absolute Gasteiger partial charge is 0.197 e. The highest BCUT2D eigenvalue weighted by Crippen LogP contribution is 2.29. The van der Waals surface area contributed by atoms with Gasteiger partial charge < -0.3 is 4.74 Å². The lowest BCUT2D eigenvalue weighted by Gasteiger charge is -2.13. The highest BCUT2D eigenvalue weighted by molar-refractivity contribution is 14.1. The number of benzene rings is 2. The summed E-state index contributed by atoms with van der Waals surface area (Å²) in [6.07, 6.45) is 0. The fourth-order valence-electron chi connectivity index (χ4n) is 2.05. The van der Waals surface area contributed by atoms with E-state index in [1.54, 1.807) is 13.2 Å². The number of carbonyl (C=O) groups excluding carboxylic acids is 1. The summed E-state index contributed by atoms with van der Waals surface area (Å²) in [5, 5.41) is 0. The van der Waals surface area contributed by atoms with E-state index in [9.17, 15) is 9.18 Å². The second-order valence-electron chi connectivity index (χ2n) is 4.54. The molecule has 0 amide bonds. The van der Waals surface area contributed by atoms with E-state index in [4.69, 9.17) is 4.74 Å². The first kappa shape index (κ1) is 15.0. The molecule has 0 aliphatic carbocycles. The van der Waals surface area contributed by atoms with E-state index in [0.717, 1.165) is 11.1 Å². The average Bonchev–Trinajstić information content (AvgIpc) is 2.41. The normalized spacial score (nSPS) is 10.4. The van der Waals surface area contributed by atoms with Gasteiger partial charge in [-0.2, -0.15) is 0 Å². The Morgan fingerprint density at radius 1 is 1.15 bits per heavy atom. The molecule has 0 saturated carbocycles. The first-order valence-electron chi connectivity index (χ1n) is 6.09. The number of methoxy groups -OCH3 is 1. The second kappa shape index (κ2) is 5.91. The summed E-state index contributed by atoms with van der Waals surface area (Å²) < 4.78 is 19.1. The minimum Gasteiger partial charge on any atom is -0.496 e. The molecule has 0 aliphatic rings. The maximum Gasteiger partial charge on any atom is 0.197 e. The van der Waals surface area contributed by atoms with Crippen molar-refractivity contribution in [1.29, 1.82) is 0 Å². The third-order valence-corrected chi connectivity index (χ3v) is 4.19. The van der Waals surface area contributed by atoms with E-state index in [-0.39, 0.29) is 11.6 Å². The van der Waals surface area contributed by atoms with Crippen LogP contribution in [0.4, 0.5) is 4.39 Å². The van der Waals surface area contributed by atoms with Gasteiger partial charge in [0.25, 0.3) is 0 Å². The number of hydrogen-bond donors (Lipinski definition) is 0. The first-order valence-corrected chi connectivity index (χ1v) is 7.17. The zero-order valence-corrected chi connectivity index (χ0v) is 13.6. The van der Waals surface area contributed by atoms with Gasteiger partial charge in [-0.1, -0.05) is 6.07 Å². The van der Waals surface area contributed by atoms with Gasteiger partial charge in [-0.25, -0.2) is 4.39 Å². The molecule has 2 nitrogen and oxygen atoms in total. The number of carbonyl (C=O) groups is 1. The van der Waals surface area contributed by atoms with Gasteiger partial charge in [-0.3, -0.25) is 4.79 Å². The fourth-order valence-corrected chi connectivity index (χ4v) is 2.77. The predicted molar refractivity (Wildman–Crippen MR) is 85.0 cm³/mol. The van der Waals surface area contributed by atoms with Crippen molar-refractivity contribution in [3.8, 4) is 5.75 Å². The first-order chi connectivity index (χ1) is 9.45. The van der Waals surface area contributed by atoms with Crippen molar-refractivity contribution >= 4 is 28.4 Å². The lowest BCUT2D eigenvalue weighted by Crippen LogP contribution is -2.08.